The Morgan fingerprint density at radius 1 is 1.68 bits per heavy atom. The topological polar surface area (TPSA) is 113 Å². The summed E-state index contributed by atoms with van der Waals surface area (Å²) in [7, 11) is 1.56. The van der Waals surface area contributed by atoms with Crippen LogP contribution in [-0.4, -0.2) is 37.2 Å². The van der Waals surface area contributed by atoms with Crippen LogP contribution in [0.5, 0.6) is 0 Å². The SMILES string of the molecule is COCCNC(=O)C(C)Nc1nccc(C#N)c1N. The molecule has 1 aromatic heterocycles. The number of amides is 1. The second-order valence-corrected chi connectivity index (χ2v) is 3.88. The first-order chi connectivity index (χ1) is 9.10. The molecule has 1 rings (SSSR count). The van der Waals surface area contributed by atoms with Gasteiger partial charge in [0.2, 0.25) is 5.91 Å². The fourth-order valence-electron chi connectivity index (χ4n) is 1.39. The molecule has 1 unspecified atom stereocenters. The van der Waals surface area contributed by atoms with Crippen molar-refractivity contribution in [1.29, 1.82) is 5.26 Å². The third-order valence-corrected chi connectivity index (χ3v) is 2.46. The molecule has 0 saturated heterocycles. The lowest BCUT2D eigenvalue weighted by atomic mass is 10.2. The molecule has 0 bridgehead atoms. The standard InChI is InChI=1S/C12H17N5O2/c1-8(12(18)16-5-6-19-2)17-11-10(14)9(7-13)3-4-15-11/h3-4,8H,5-6,14H2,1-2H3,(H,15,17)(H,16,18). The van der Waals surface area contributed by atoms with Crippen molar-refractivity contribution in [3.05, 3.63) is 17.8 Å². The molecule has 0 aliphatic carbocycles. The van der Waals surface area contributed by atoms with Gasteiger partial charge in [-0.15, -0.1) is 0 Å². The van der Waals surface area contributed by atoms with Gasteiger partial charge in [0.15, 0.2) is 5.82 Å². The first-order valence-electron chi connectivity index (χ1n) is 5.78. The normalized spacial score (nSPS) is 11.4. The molecular formula is C12H17N5O2. The molecule has 19 heavy (non-hydrogen) atoms. The van der Waals surface area contributed by atoms with Gasteiger partial charge in [-0.3, -0.25) is 4.79 Å². The Kier molecular flexibility index (Phi) is 5.57. The Balaban J connectivity index is 2.64. The summed E-state index contributed by atoms with van der Waals surface area (Å²) in [6.07, 6.45) is 1.47. The molecule has 0 radical (unpaired) electrons. The highest BCUT2D eigenvalue weighted by Gasteiger charge is 2.15. The van der Waals surface area contributed by atoms with Gasteiger partial charge in [0, 0.05) is 19.9 Å². The van der Waals surface area contributed by atoms with Crippen LogP contribution in [0.2, 0.25) is 0 Å². The average Bonchev–Trinajstić information content (AvgIpc) is 2.41. The fraction of sp³-hybridized carbons (Fsp3) is 0.417. The predicted molar refractivity (Wildman–Crippen MR) is 71.3 cm³/mol. The van der Waals surface area contributed by atoms with E-state index in [9.17, 15) is 4.79 Å². The number of nitrogens with one attached hydrogen (secondary N) is 2. The predicted octanol–water partition coefficient (Wildman–Crippen LogP) is 0.0985. The van der Waals surface area contributed by atoms with Gasteiger partial charge in [-0.05, 0) is 13.0 Å². The summed E-state index contributed by atoms with van der Waals surface area (Å²) in [6, 6.07) is 2.96. The highest BCUT2D eigenvalue weighted by Crippen LogP contribution is 2.19. The van der Waals surface area contributed by atoms with Crippen molar-refractivity contribution in [2.45, 2.75) is 13.0 Å². The summed E-state index contributed by atoms with van der Waals surface area (Å²) in [5.41, 5.74) is 6.33. The van der Waals surface area contributed by atoms with E-state index in [-0.39, 0.29) is 11.6 Å². The van der Waals surface area contributed by atoms with E-state index in [0.29, 0.717) is 24.5 Å². The lowest BCUT2D eigenvalue weighted by molar-refractivity contribution is -0.121. The highest BCUT2D eigenvalue weighted by molar-refractivity contribution is 5.85. The van der Waals surface area contributed by atoms with Crippen molar-refractivity contribution in [2.75, 3.05) is 31.3 Å². The molecule has 1 heterocycles. The number of nitriles is 1. The number of carbonyl (C=O) groups excluding carboxylic acids is 1. The van der Waals surface area contributed by atoms with Crippen LogP contribution in [0.4, 0.5) is 11.5 Å². The van der Waals surface area contributed by atoms with Gasteiger partial charge in [-0.1, -0.05) is 0 Å². The number of nitrogens with zero attached hydrogens (tertiary/aromatic N) is 2. The van der Waals surface area contributed by atoms with Crippen LogP contribution in [0.1, 0.15) is 12.5 Å². The largest absolute Gasteiger partial charge is 0.395 e. The lowest BCUT2D eigenvalue weighted by Crippen LogP contribution is -2.39. The molecule has 0 aliphatic heterocycles. The van der Waals surface area contributed by atoms with E-state index >= 15 is 0 Å². The number of nitrogens with two attached hydrogens (primary N) is 1. The van der Waals surface area contributed by atoms with E-state index in [4.69, 9.17) is 15.7 Å². The summed E-state index contributed by atoms with van der Waals surface area (Å²) < 4.78 is 4.84. The number of aromatic nitrogens is 1. The van der Waals surface area contributed by atoms with Gasteiger partial charge in [0.1, 0.15) is 12.1 Å². The van der Waals surface area contributed by atoms with E-state index in [2.05, 4.69) is 15.6 Å². The van der Waals surface area contributed by atoms with Crippen LogP contribution < -0.4 is 16.4 Å². The number of hydrogen-bond donors (Lipinski definition) is 3. The van der Waals surface area contributed by atoms with Crippen molar-refractivity contribution in [3.8, 4) is 6.07 Å². The lowest BCUT2D eigenvalue weighted by Gasteiger charge is -2.15. The van der Waals surface area contributed by atoms with Gasteiger partial charge in [-0.25, -0.2) is 4.98 Å². The Bertz CT molecular complexity index is 483. The zero-order valence-corrected chi connectivity index (χ0v) is 10.9. The zero-order chi connectivity index (χ0) is 14.3. The Morgan fingerprint density at radius 2 is 2.42 bits per heavy atom. The van der Waals surface area contributed by atoms with Gasteiger partial charge in [0.25, 0.3) is 0 Å². The number of rotatable bonds is 6. The quantitative estimate of drug-likeness (QED) is 0.627. The van der Waals surface area contributed by atoms with Crippen molar-refractivity contribution in [3.63, 3.8) is 0 Å². The summed E-state index contributed by atoms with van der Waals surface area (Å²) >= 11 is 0. The number of nitrogen functional groups attached to an aromatic ring is 1. The molecule has 0 saturated carbocycles. The highest BCUT2D eigenvalue weighted by atomic mass is 16.5. The maximum absolute atomic E-state index is 11.7. The molecule has 0 aromatic carbocycles. The van der Waals surface area contributed by atoms with Crippen LogP contribution in [0, 0.1) is 11.3 Å². The molecule has 7 heteroatoms. The molecule has 0 fully saturated rings. The van der Waals surface area contributed by atoms with Crippen molar-refractivity contribution < 1.29 is 9.53 Å². The number of hydrogen-bond acceptors (Lipinski definition) is 6. The minimum Gasteiger partial charge on any atom is -0.395 e. The zero-order valence-electron chi connectivity index (χ0n) is 10.9. The molecule has 0 spiro atoms. The fourth-order valence-corrected chi connectivity index (χ4v) is 1.39. The third kappa shape index (κ3) is 4.12. The second-order valence-electron chi connectivity index (χ2n) is 3.88. The first kappa shape index (κ1) is 14.7. The smallest absolute Gasteiger partial charge is 0.242 e. The maximum atomic E-state index is 11.7. The number of pyridine rings is 1. The van der Waals surface area contributed by atoms with Crippen LogP contribution in [0.15, 0.2) is 12.3 Å². The molecule has 1 amide bonds. The minimum atomic E-state index is -0.513. The van der Waals surface area contributed by atoms with Gasteiger partial charge < -0.3 is 21.1 Å². The van der Waals surface area contributed by atoms with Gasteiger partial charge >= 0.3 is 0 Å². The minimum absolute atomic E-state index is 0.194. The second kappa shape index (κ2) is 7.18. The van der Waals surface area contributed by atoms with Crippen LogP contribution in [-0.2, 0) is 9.53 Å². The molecule has 7 nitrogen and oxygen atoms in total. The van der Waals surface area contributed by atoms with Crippen LogP contribution >= 0.6 is 0 Å². The Morgan fingerprint density at radius 3 is 3.05 bits per heavy atom. The van der Waals surface area contributed by atoms with E-state index in [1.165, 1.54) is 12.3 Å². The Labute approximate surface area is 111 Å². The van der Waals surface area contributed by atoms with Gasteiger partial charge in [-0.2, -0.15) is 5.26 Å². The molecule has 0 aliphatic rings. The number of anilines is 2. The van der Waals surface area contributed by atoms with E-state index < -0.39 is 6.04 Å². The van der Waals surface area contributed by atoms with E-state index in [1.807, 2.05) is 6.07 Å². The summed E-state index contributed by atoms with van der Waals surface area (Å²) in [5.74, 6) is 0.133. The molecule has 1 atom stereocenters. The monoisotopic (exact) mass is 263 g/mol. The maximum Gasteiger partial charge on any atom is 0.242 e. The van der Waals surface area contributed by atoms with E-state index in [1.54, 1.807) is 14.0 Å². The number of carbonyl (C=O) groups is 1. The van der Waals surface area contributed by atoms with Gasteiger partial charge in [0.05, 0.1) is 17.9 Å². The molecular weight excluding hydrogens is 246 g/mol. The van der Waals surface area contributed by atoms with Crippen molar-refractivity contribution in [1.82, 2.24) is 10.3 Å². The average molecular weight is 263 g/mol. The molecule has 102 valence electrons. The molecule has 4 N–H and O–H groups in total. The third-order valence-electron chi connectivity index (χ3n) is 2.46. The van der Waals surface area contributed by atoms with Crippen molar-refractivity contribution in [2.24, 2.45) is 0 Å². The van der Waals surface area contributed by atoms with E-state index in [0.717, 1.165) is 0 Å². The summed E-state index contributed by atoms with van der Waals surface area (Å²) in [5, 5.41) is 14.4. The van der Waals surface area contributed by atoms with Crippen LogP contribution in [0.3, 0.4) is 0 Å². The van der Waals surface area contributed by atoms with Crippen molar-refractivity contribution >= 4 is 17.4 Å². The van der Waals surface area contributed by atoms with Crippen LogP contribution in [0.25, 0.3) is 0 Å². The summed E-state index contributed by atoms with van der Waals surface area (Å²) in [6.45, 7) is 2.56. The Hall–Kier alpha value is -2.33. The first-order valence-corrected chi connectivity index (χ1v) is 5.78. The number of methoxy groups -OCH3 is 1. The molecule has 1 aromatic rings. The summed E-state index contributed by atoms with van der Waals surface area (Å²) in [4.78, 5) is 15.7. The number of ether oxygens (including phenoxy) is 1.